The Bertz CT molecular complexity index is 1080. The topological polar surface area (TPSA) is 87.7 Å². The lowest BCUT2D eigenvalue weighted by Gasteiger charge is -2.19. The number of methoxy groups -OCH3 is 1. The zero-order valence-corrected chi connectivity index (χ0v) is 17.3. The molecule has 0 saturated carbocycles. The molecule has 4 rings (SSSR count). The molecule has 2 aromatic carbocycles. The summed E-state index contributed by atoms with van der Waals surface area (Å²) in [4.78, 5) is 40.1. The van der Waals surface area contributed by atoms with Crippen LogP contribution in [-0.4, -0.2) is 30.7 Å². The minimum atomic E-state index is -0.906. The van der Waals surface area contributed by atoms with Crippen molar-refractivity contribution in [1.29, 1.82) is 0 Å². The van der Waals surface area contributed by atoms with Gasteiger partial charge >= 0.3 is 0 Å². The molecule has 2 N–H and O–H groups in total. The number of benzene rings is 2. The summed E-state index contributed by atoms with van der Waals surface area (Å²) in [6, 6.07) is 13.1. The third-order valence-electron chi connectivity index (χ3n) is 5.35. The number of carbonyl (C=O) groups excluding carboxylic acids is 3. The lowest BCUT2D eigenvalue weighted by Crippen LogP contribution is -2.42. The first-order valence-corrected chi connectivity index (χ1v) is 9.65. The Balaban J connectivity index is 1.69. The van der Waals surface area contributed by atoms with Crippen LogP contribution < -0.4 is 20.5 Å². The molecule has 154 valence electrons. The molecule has 7 heteroatoms. The Morgan fingerprint density at radius 1 is 1.07 bits per heavy atom. The molecule has 2 amide bonds. The fraction of sp³-hybridized carbons (Fsp3) is 0.261. The van der Waals surface area contributed by atoms with Crippen molar-refractivity contribution in [3.05, 3.63) is 70.9 Å². The van der Waals surface area contributed by atoms with E-state index >= 15 is 0 Å². The first-order chi connectivity index (χ1) is 14.2. The number of ketones is 1. The number of imide groups is 1. The number of hydrogen-bond acceptors (Lipinski definition) is 6. The van der Waals surface area contributed by atoms with Crippen LogP contribution >= 0.6 is 0 Å². The summed E-state index contributed by atoms with van der Waals surface area (Å²) >= 11 is 0. The van der Waals surface area contributed by atoms with E-state index in [1.807, 2.05) is 12.1 Å². The van der Waals surface area contributed by atoms with Crippen LogP contribution in [0.25, 0.3) is 0 Å². The average molecular weight is 405 g/mol. The van der Waals surface area contributed by atoms with E-state index in [1.165, 1.54) is 7.11 Å². The minimum absolute atomic E-state index is 0.0349. The molecule has 0 spiro atoms. The van der Waals surface area contributed by atoms with Crippen molar-refractivity contribution in [1.82, 2.24) is 10.9 Å². The van der Waals surface area contributed by atoms with Crippen LogP contribution in [-0.2, 0) is 15.0 Å². The van der Waals surface area contributed by atoms with Crippen LogP contribution in [0, 0.1) is 0 Å². The number of amides is 2. The largest absolute Gasteiger partial charge is 0.497 e. The molecule has 30 heavy (non-hydrogen) atoms. The van der Waals surface area contributed by atoms with Gasteiger partial charge in [-0.1, -0.05) is 51.1 Å². The van der Waals surface area contributed by atoms with Gasteiger partial charge in [-0.25, -0.2) is 10.3 Å². The second kappa shape index (κ2) is 7.11. The molecule has 1 fully saturated rings. The highest BCUT2D eigenvalue weighted by atomic mass is 16.5. The van der Waals surface area contributed by atoms with Gasteiger partial charge in [0, 0.05) is 11.6 Å². The van der Waals surface area contributed by atoms with Gasteiger partial charge in [0.25, 0.3) is 11.8 Å². The summed E-state index contributed by atoms with van der Waals surface area (Å²) in [6.07, 6.45) is 0. The van der Waals surface area contributed by atoms with Crippen molar-refractivity contribution >= 4 is 23.3 Å². The summed E-state index contributed by atoms with van der Waals surface area (Å²) in [5, 5.41) is 0. The highest BCUT2D eigenvalue weighted by molar-refractivity contribution is 6.33. The van der Waals surface area contributed by atoms with Crippen LogP contribution in [0.5, 0.6) is 5.75 Å². The highest BCUT2D eigenvalue weighted by Crippen LogP contribution is 2.33. The SMILES string of the molecule is COc1cccc(N2C(=O)C3=C(C(=O)c4ccc(C(C)(C)C)cc4)NN[C@H]3C2=O)c1. The maximum atomic E-state index is 13.1. The second-order valence-electron chi connectivity index (χ2n) is 8.33. The number of hydrazine groups is 1. The Labute approximate surface area is 174 Å². The van der Waals surface area contributed by atoms with Crippen molar-refractivity contribution in [3.8, 4) is 5.75 Å². The zero-order chi connectivity index (χ0) is 21.6. The third-order valence-corrected chi connectivity index (χ3v) is 5.35. The van der Waals surface area contributed by atoms with Gasteiger partial charge in [-0.15, -0.1) is 0 Å². The van der Waals surface area contributed by atoms with Crippen LogP contribution in [0.4, 0.5) is 5.69 Å². The smallest absolute Gasteiger partial charge is 0.265 e. The summed E-state index contributed by atoms with van der Waals surface area (Å²) < 4.78 is 5.19. The number of anilines is 1. The number of Topliss-reactive ketones (excluding diaryl/α,β-unsaturated/α-hetero) is 1. The molecule has 0 aromatic heterocycles. The van der Waals surface area contributed by atoms with E-state index in [1.54, 1.807) is 36.4 Å². The van der Waals surface area contributed by atoms with E-state index in [9.17, 15) is 14.4 Å². The average Bonchev–Trinajstić information content (AvgIpc) is 3.27. The Morgan fingerprint density at radius 2 is 1.77 bits per heavy atom. The molecule has 0 bridgehead atoms. The minimum Gasteiger partial charge on any atom is -0.497 e. The number of fused-ring (bicyclic) bond motifs is 1. The van der Waals surface area contributed by atoms with Crippen molar-refractivity contribution in [2.24, 2.45) is 0 Å². The normalized spacial score (nSPS) is 18.5. The lowest BCUT2D eigenvalue weighted by molar-refractivity contribution is -0.121. The van der Waals surface area contributed by atoms with E-state index in [4.69, 9.17) is 4.74 Å². The predicted octanol–water partition coefficient (Wildman–Crippen LogP) is 2.48. The standard InChI is InChI=1S/C23H23N3O4/c1-23(2,3)14-10-8-13(9-11-14)20(27)18-17-19(25-24-18)22(29)26(21(17)28)15-6-5-7-16(12-15)30-4/h5-12,19,24-25H,1-4H3/t19-/m1/s1. The van der Waals surface area contributed by atoms with E-state index in [-0.39, 0.29) is 22.5 Å². The number of nitrogens with zero attached hydrogens (tertiary/aromatic N) is 1. The van der Waals surface area contributed by atoms with Crippen molar-refractivity contribution in [2.75, 3.05) is 12.0 Å². The fourth-order valence-corrected chi connectivity index (χ4v) is 3.63. The first kappa shape index (κ1) is 19.8. The molecule has 2 aliphatic heterocycles. The van der Waals surface area contributed by atoms with Gasteiger partial charge in [0.1, 0.15) is 17.5 Å². The van der Waals surface area contributed by atoms with Gasteiger partial charge in [-0.05, 0) is 23.1 Å². The number of carbonyl (C=O) groups is 3. The third kappa shape index (κ3) is 3.17. The molecule has 1 saturated heterocycles. The Hall–Kier alpha value is -3.45. The van der Waals surface area contributed by atoms with Crippen LogP contribution in [0.2, 0.25) is 0 Å². The molecule has 0 unspecified atom stereocenters. The lowest BCUT2D eigenvalue weighted by atomic mass is 9.86. The first-order valence-electron chi connectivity index (χ1n) is 9.65. The Morgan fingerprint density at radius 3 is 2.40 bits per heavy atom. The van der Waals surface area contributed by atoms with Crippen molar-refractivity contribution in [2.45, 2.75) is 32.2 Å². The highest BCUT2D eigenvalue weighted by Gasteiger charge is 2.50. The number of rotatable bonds is 4. The number of ether oxygens (including phenoxy) is 1. The summed E-state index contributed by atoms with van der Waals surface area (Å²) in [7, 11) is 1.51. The van der Waals surface area contributed by atoms with Gasteiger partial charge in [0.15, 0.2) is 0 Å². The van der Waals surface area contributed by atoms with Gasteiger partial charge < -0.3 is 10.2 Å². The second-order valence-corrected chi connectivity index (χ2v) is 8.33. The molecule has 2 heterocycles. The molecule has 1 atom stereocenters. The van der Waals surface area contributed by atoms with Gasteiger partial charge in [-0.2, -0.15) is 0 Å². The fourth-order valence-electron chi connectivity index (χ4n) is 3.63. The summed E-state index contributed by atoms with van der Waals surface area (Å²) in [5.41, 5.74) is 7.66. The molecule has 2 aromatic rings. The Kier molecular flexibility index (Phi) is 4.70. The van der Waals surface area contributed by atoms with E-state index in [0.717, 1.165) is 10.5 Å². The van der Waals surface area contributed by atoms with Crippen molar-refractivity contribution < 1.29 is 19.1 Å². The van der Waals surface area contributed by atoms with Crippen molar-refractivity contribution in [3.63, 3.8) is 0 Å². The molecule has 2 aliphatic rings. The van der Waals surface area contributed by atoms with E-state index in [2.05, 4.69) is 31.6 Å². The summed E-state index contributed by atoms with van der Waals surface area (Å²) in [5.74, 6) is -0.776. The van der Waals surface area contributed by atoms with Crippen LogP contribution in [0.15, 0.2) is 59.8 Å². The monoisotopic (exact) mass is 405 g/mol. The molecular formula is C23H23N3O4. The molecular weight excluding hydrogens is 382 g/mol. The van der Waals surface area contributed by atoms with E-state index < -0.39 is 17.9 Å². The molecule has 7 nitrogen and oxygen atoms in total. The molecule has 0 radical (unpaired) electrons. The summed E-state index contributed by atoms with van der Waals surface area (Å²) in [6.45, 7) is 6.28. The van der Waals surface area contributed by atoms with Crippen LogP contribution in [0.3, 0.4) is 0 Å². The van der Waals surface area contributed by atoms with Gasteiger partial charge in [0.05, 0.1) is 18.4 Å². The van der Waals surface area contributed by atoms with E-state index in [0.29, 0.717) is 17.0 Å². The maximum Gasteiger partial charge on any atom is 0.265 e. The number of hydrogen-bond donors (Lipinski definition) is 2. The predicted molar refractivity (Wildman–Crippen MR) is 112 cm³/mol. The van der Waals surface area contributed by atoms with Crippen LogP contribution in [0.1, 0.15) is 36.7 Å². The zero-order valence-electron chi connectivity index (χ0n) is 17.3. The number of allylic oxidation sites excluding steroid dienone is 1. The number of nitrogens with one attached hydrogen (secondary N) is 2. The molecule has 0 aliphatic carbocycles. The van der Waals surface area contributed by atoms with Gasteiger partial charge in [0.2, 0.25) is 5.78 Å². The maximum absolute atomic E-state index is 13.1. The van der Waals surface area contributed by atoms with Gasteiger partial charge in [-0.3, -0.25) is 14.4 Å². The quantitative estimate of drug-likeness (QED) is 0.600.